The number of hydrogen-bond donors (Lipinski definition) is 1. The van der Waals surface area contributed by atoms with Crippen LogP contribution in [0.3, 0.4) is 0 Å². The molecule has 1 saturated heterocycles. The third-order valence-electron chi connectivity index (χ3n) is 4.04. The Kier molecular flexibility index (Phi) is 4.31. The van der Waals surface area contributed by atoms with E-state index in [1.807, 2.05) is 0 Å². The van der Waals surface area contributed by atoms with Gasteiger partial charge in [0.2, 0.25) is 5.89 Å². The molecule has 1 N–H and O–H groups in total. The fourth-order valence-electron chi connectivity index (χ4n) is 2.61. The molecule has 1 aromatic carbocycles. The van der Waals surface area contributed by atoms with Crippen LogP contribution in [-0.2, 0) is 12.8 Å². The van der Waals surface area contributed by atoms with E-state index >= 15 is 0 Å². The molecule has 1 aliphatic rings. The van der Waals surface area contributed by atoms with E-state index in [4.69, 9.17) is 4.52 Å². The van der Waals surface area contributed by atoms with Crippen molar-refractivity contribution in [2.75, 3.05) is 26.7 Å². The molecule has 0 aliphatic carbocycles. The third-order valence-corrected chi connectivity index (χ3v) is 4.04. The Morgan fingerprint density at radius 2 is 2.10 bits per heavy atom. The van der Waals surface area contributed by atoms with Crippen molar-refractivity contribution in [3.8, 4) is 0 Å². The molecule has 1 fully saturated rings. The smallest absolute Gasteiger partial charge is 0.227 e. The van der Waals surface area contributed by atoms with Gasteiger partial charge in [0.25, 0.3) is 0 Å². The van der Waals surface area contributed by atoms with E-state index in [0.717, 1.165) is 44.2 Å². The van der Waals surface area contributed by atoms with Crippen molar-refractivity contribution < 1.29 is 4.52 Å². The summed E-state index contributed by atoms with van der Waals surface area (Å²) in [7, 11) is 2.11. The van der Waals surface area contributed by atoms with Crippen molar-refractivity contribution in [3.05, 3.63) is 47.1 Å². The number of benzene rings is 1. The summed E-state index contributed by atoms with van der Waals surface area (Å²) < 4.78 is 5.40. The Morgan fingerprint density at radius 3 is 2.86 bits per heavy atom. The van der Waals surface area contributed by atoms with Gasteiger partial charge in [-0.3, -0.25) is 4.90 Å². The normalized spacial score (nSPS) is 19.8. The SMILES string of the molecule is Cc1ccc(CCc2nc(C3CNCCN3C)no2)cc1. The number of aromatic nitrogens is 2. The van der Waals surface area contributed by atoms with E-state index in [1.165, 1.54) is 11.1 Å². The van der Waals surface area contributed by atoms with Crippen LogP contribution < -0.4 is 5.32 Å². The molecule has 1 aliphatic heterocycles. The highest BCUT2D eigenvalue weighted by Gasteiger charge is 2.25. The van der Waals surface area contributed by atoms with Gasteiger partial charge in [0.05, 0.1) is 6.04 Å². The van der Waals surface area contributed by atoms with Gasteiger partial charge in [-0.15, -0.1) is 0 Å². The second kappa shape index (κ2) is 6.37. The van der Waals surface area contributed by atoms with Crippen LogP contribution in [0.5, 0.6) is 0 Å². The molecular formula is C16H22N4O. The fourth-order valence-corrected chi connectivity index (χ4v) is 2.61. The van der Waals surface area contributed by atoms with Gasteiger partial charge in [0.1, 0.15) is 0 Å². The first-order valence-corrected chi connectivity index (χ1v) is 7.51. The summed E-state index contributed by atoms with van der Waals surface area (Å²) in [5, 5.41) is 7.52. The van der Waals surface area contributed by atoms with Crippen LogP contribution in [0.15, 0.2) is 28.8 Å². The third kappa shape index (κ3) is 3.49. The molecule has 1 unspecified atom stereocenters. The van der Waals surface area contributed by atoms with Crippen LogP contribution in [0.4, 0.5) is 0 Å². The number of piperazine rings is 1. The van der Waals surface area contributed by atoms with Crippen molar-refractivity contribution >= 4 is 0 Å². The largest absolute Gasteiger partial charge is 0.339 e. The molecule has 5 heteroatoms. The molecule has 21 heavy (non-hydrogen) atoms. The minimum Gasteiger partial charge on any atom is -0.339 e. The highest BCUT2D eigenvalue weighted by Crippen LogP contribution is 2.18. The van der Waals surface area contributed by atoms with Crippen molar-refractivity contribution in [1.82, 2.24) is 20.4 Å². The molecule has 1 atom stereocenters. The summed E-state index contributed by atoms with van der Waals surface area (Å²) >= 11 is 0. The second-order valence-corrected chi connectivity index (χ2v) is 5.73. The first-order chi connectivity index (χ1) is 10.2. The Bertz CT molecular complexity index is 578. The summed E-state index contributed by atoms with van der Waals surface area (Å²) in [6.07, 6.45) is 1.72. The molecule has 112 valence electrons. The molecule has 5 nitrogen and oxygen atoms in total. The molecule has 0 saturated carbocycles. The molecule has 0 amide bonds. The van der Waals surface area contributed by atoms with Crippen molar-refractivity contribution in [2.45, 2.75) is 25.8 Å². The lowest BCUT2D eigenvalue weighted by Crippen LogP contribution is -2.44. The first kappa shape index (κ1) is 14.2. The van der Waals surface area contributed by atoms with E-state index < -0.39 is 0 Å². The number of nitrogens with one attached hydrogen (secondary N) is 1. The predicted octanol–water partition coefficient (Wildman–Crippen LogP) is 1.74. The Balaban J connectivity index is 1.61. The zero-order chi connectivity index (χ0) is 14.7. The predicted molar refractivity (Wildman–Crippen MR) is 81.1 cm³/mol. The molecule has 0 radical (unpaired) electrons. The molecule has 0 bridgehead atoms. The van der Waals surface area contributed by atoms with Crippen LogP contribution in [0.1, 0.15) is 28.9 Å². The summed E-state index contributed by atoms with van der Waals surface area (Å²) in [6, 6.07) is 8.81. The number of likely N-dealkylation sites (N-methyl/N-ethyl adjacent to an activating group) is 1. The second-order valence-electron chi connectivity index (χ2n) is 5.73. The number of aryl methyl sites for hydroxylation is 3. The maximum Gasteiger partial charge on any atom is 0.227 e. The van der Waals surface area contributed by atoms with Crippen LogP contribution in [0, 0.1) is 6.92 Å². The van der Waals surface area contributed by atoms with E-state index in [-0.39, 0.29) is 6.04 Å². The monoisotopic (exact) mass is 286 g/mol. The Labute approximate surface area is 125 Å². The minimum atomic E-state index is 0.218. The summed E-state index contributed by atoms with van der Waals surface area (Å²) in [6.45, 7) is 5.01. The lowest BCUT2D eigenvalue weighted by molar-refractivity contribution is 0.190. The van der Waals surface area contributed by atoms with Crippen LogP contribution in [0.2, 0.25) is 0 Å². The quantitative estimate of drug-likeness (QED) is 0.928. The van der Waals surface area contributed by atoms with E-state index in [0.29, 0.717) is 0 Å². The van der Waals surface area contributed by atoms with E-state index in [1.54, 1.807) is 0 Å². The van der Waals surface area contributed by atoms with Crippen LogP contribution in [0.25, 0.3) is 0 Å². The van der Waals surface area contributed by atoms with Gasteiger partial charge in [0, 0.05) is 26.1 Å². The molecule has 3 rings (SSSR count). The standard InChI is InChI=1S/C16H22N4O/c1-12-3-5-13(6-4-12)7-8-15-18-16(19-21-15)14-11-17-9-10-20(14)2/h3-6,14,17H,7-11H2,1-2H3. The van der Waals surface area contributed by atoms with Gasteiger partial charge in [-0.05, 0) is 26.0 Å². The minimum absolute atomic E-state index is 0.218. The van der Waals surface area contributed by atoms with E-state index in [9.17, 15) is 0 Å². The average molecular weight is 286 g/mol. The van der Waals surface area contributed by atoms with E-state index in [2.05, 4.69) is 58.6 Å². The number of nitrogens with zero attached hydrogens (tertiary/aromatic N) is 3. The van der Waals surface area contributed by atoms with Gasteiger partial charge >= 0.3 is 0 Å². The molecule has 0 spiro atoms. The summed E-state index contributed by atoms with van der Waals surface area (Å²) in [4.78, 5) is 6.83. The maximum atomic E-state index is 5.40. The van der Waals surface area contributed by atoms with Crippen molar-refractivity contribution in [1.29, 1.82) is 0 Å². The summed E-state index contributed by atoms with van der Waals surface area (Å²) in [5.41, 5.74) is 2.59. The number of hydrogen-bond acceptors (Lipinski definition) is 5. The van der Waals surface area contributed by atoms with Gasteiger partial charge in [-0.2, -0.15) is 4.98 Å². The van der Waals surface area contributed by atoms with Gasteiger partial charge in [-0.1, -0.05) is 35.0 Å². The summed E-state index contributed by atoms with van der Waals surface area (Å²) in [5.74, 6) is 1.52. The molecular weight excluding hydrogens is 264 g/mol. The van der Waals surface area contributed by atoms with Crippen molar-refractivity contribution in [3.63, 3.8) is 0 Å². The topological polar surface area (TPSA) is 54.2 Å². The zero-order valence-corrected chi connectivity index (χ0v) is 12.7. The van der Waals surface area contributed by atoms with Crippen LogP contribution >= 0.6 is 0 Å². The first-order valence-electron chi connectivity index (χ1n) is 7.51. The lowest BCUT2D eigenvalue weighted by Gasteiger charge is -2.30. The highest BCUT2D eigenvalue weighted by atomic mass is 16.5. The van der Waals surface area contributed by atoms with Gasteiger partial charge in [-0.25, -0.2) is 0 Å². The Morgan fingerprint density at radius 1 is 1.29 bits per heavy atom. The van der Waals surface area contributed by atoms with Gasteiger partial charge in [0.15, 0.2) is 5.82 Å². The molecule has 2 aromatic rings. The number of rotatable bonds is 4. The maximum absolute atomic E-state index is 5.40. The zero-order valence-electron chi connectivity index (χ0n) is 12.7. The van der Waals surface area contributed by atoms with Crippen LogP contribution in [-0.4, -0.2) is 41.7 Å². The lowest BCUT2D eigenvalue weighted by atomic mass is 10.1. The average Bonchev–Trinajstić information content (AvgIpc) is 2.96. The molecule has 1 aromatic heterocycles. The molecule has 2 heterocycles. The van der Waals surface area contributed by atoms with Gasteiger partial charge < -0.3 is 9.84 Å². The highest BCUT2D eigenvalue weighted by molar-refractivity contribution is 5.21. The van der Waals surface area contributed by atoms with Crippen molar-refractivity contribution in [2.24, 2.45) is 0 Å². The fraction of sp³-hybridized carbons (Fsp3) is 0.500. The Hall–Kier alpha value is -1.72.